The van der Waals surface area contributed by atoms with Crippen molar-refractivity contribution in [2.24, 2.45) is 0 Å². The molecule has 0 spiro atoms. The molecule has 0 atom stereocenters. The first kappa shape index (κ1) is 6.28. The minimum absolute atomic E-state index is 0.127. The van der Waals surface area contributed by atoms with Gasteiger partial charge in [0, 0.05) is 0 Å². The minimum atomic E-state index is 0.127. The summed E-state index contributed by atoms with van der Waals surface area (Å²) in [5.74, 6) is 0.127. The largest absolute Gasteiger partial charge is 0.509 e. The topological polar surface area (TPSA) is 20.2 Å². The van der Waals surface area contributed by atoms with Gasteiger partial charge in [0.15, 0.2) is 0 Å². The normalized spacial score (nSPS) is 9.86. The molecule has 0 aromatic heterocycles. The van der Waals surface area contributed by atoms with E-state index in [1.807, 2.05) is 13.0 Å². The average Bonchev–Trinajstić information content (AvgIpc) is 1.61. The van der Waals surface area contributed by atoms with E-state index in [4.69, 9.17) is 5.11 Å². The van der Waals surface area contributed by atoms with Gasteiger partial charge in [-0.05, 0) is 12.5 Å². The zero-order valence-electron chi connectivity index (χ0n) is 4.52. The molecule has 0 aromatic carbocycles. The molecule has 0 aliphatic rings. The third kappa shape index (κ3) is 5.28. The van der Waals surface area contributed by atoms with Gasteiger partial charge in [-0.2, -0.15) is 0 Å². The highest BCUT2D eigenvalue weighted by Gasteiger charge is 1.70. The molecule has 0 aliphatic heterocycles. The molecule has 0 bridgehead atoms. The number of aliphatic hydroxyl groups is 1. The van der Waals surface area contributed by atoms with Crippen LogP contribution in [0.15, 0.2) is 24.5 Å². The highest BCUT2D eigenvalue weighted by molar-refractivity contribution is 5.04. The van der Waals surface area contributed by atoms with Crippen molar-refractivity contribution in [3.8, 4) is 0 Å². The highest BCUT2D eigenvalue weighted by atomic mass is 16.3. The van der Waals surface area contributed by atoms with E-state index in [0.29, 0.717) is 0 Å². The molecular formula is C6H10O. The Kier molecular flexibility index (Phi) is 3.11. The molecule has 0 aromatic rings. The maximum absolute atomic E-state index is 8.40. The second-order valence-electron chi connectivity index (χ2n) is 1.30. The molecule has 1 nitrogen and oxygen atoms in total. The Bertz CT molecular complexity index is 82.2. The first-order chi connectivity index (χ1) is 3.27. The monoisotopic (exact) mass is 98.1 g/mol. The van der Waals surface area contributed by atoms with Crippen LogP contribution < -0.4 is 0 Å². The van der Waals surface area contributed by atoms with E-state index in [1.54, 1.807) is 6.08 Å². The minimum Gasteiger partial charge on any atom is -0.509 e. The van der Waals surface area contributed by atoms with Crippen LogP contribution >= 0.6 is 0 Å². The number of hydrogen-bond donors (Lipinski definition) is 1. The quantitative estimate of drug-likeness (QED) is 0.414. The summed E-state index contributed by atoms with van der Waals surface area (Å²) in [4.78, 5) is 0. The third-order valence-corrected chi connectivity index (χ3v) is 0.546. The van der Waals surface area contributed by atoms with E-state index >= 15 is 0 Å². The fourth-order valence-corrected chi connectivity index (χ4v) is 0.254. The molecule has 7 heavy (non-hydrogen) atoms. The maximum Gasteiger partial charge on any atom is 0.108 e. The summed E-state index contributed by atoms with van der Waals surface area (Å²) in [6.45, 7) is 5.26. The van der Waals surface area contributed by atoms with Gasteiger partial charge < -0.3 is 5.11 Å². The number of aliphatic hydroxyl groups excluding tert-OH is 1. The van der Waals surface area contributed by atoms with Crippen LogP contribution in [0.3, 0.4) is 0 Å². The molecule has 0 amide bonds. The lowest BCUT2D eigenvalue weighted by Gasteiger charge is -1.79. The fraction of sp³-hybridized carbons (Fsp3) is 0.333. The van der Waals surface area contributed by atoms with Gasteiger partial charge in [0.05, 0.1) is 0 Å². The molecule has 0 saturated carbocycles. The van der Waals surface area contributed by atoms with Gasteiger partial charge in [0.25, 0.3) is 0 Å². The van der Waals surface area contributed by atoms with Crippen LogP contribution in [0.2, 0.25) is 0 Å². The molecule has 0 aliphatic carbocycles. The molecule has 0 saturated heterocycles. The van der Waals surface area contributed by atoms with Gasteiger partial charge in [-0.15, -0.1) is 0 Å². The van der Waals surface area contributed by atoms with E-state index in [2.05, 4.69) is 6.58 Å². The van der Waals surface area contributed by atoms with Crippen molar-refractivity contribution in [2.75, 3.05) is 0 Å². The average molecular weight is 98.1 g/mol. The van der Waals surface area contributed by atoms with Crippen molar-refractivity contribution in [3.05, 3.63) is 24.5 Å². The molecule has 0 fully saturated rings. The Morgan fingerprint density at radius 2 is 2.43 bits per heavy atom. The predicted octanol–water partition coefficient (Wildman–Crippen LogP) is 2.02. The van der Waals surface area contributed by atoms with Crippen molar-refractivity contribution in [1.82, 2.24) is 0 Å². The van der Waals surface area contributed by atoms with Crippen LogP contribution in [0.1, 0.15) is 13.3 Å². The Balaban J connectivity index is 3.26. The van der Waals surface area contributed by atoms with Crippen LogP contribution in [0.25, 0.3) is 0 Å². The first-order valence-corrected chi connectivity index (χ1v) is 2.31. The van der Waals surface area contributed by atoms with Crippen molar-refractivity contribution in [2.45, 2.75) is 13.3 Å². The molecule has 0 heterocycles. The van der Waals surface area contributed by atoms with Gasteiger partial charge in [0.2, 0.25) is 0 Å². The van der Waals surface area contributed by atoms with Crippen LogP contribution in [-0.4, -0.2) is 5.11 Å². The van der Waals surface area contributed by atoms with Gasteiger partial charge in [-0.3, -0.25) is 0 Å². The van der Waals surface area contributed by atoms with E-state index < -0.39 is 0 Å². The molecule has 0 rings (SSSR count). The maximum atomic E-state index is 8.40. The summed E-state index contributed by atoms with van der Waals surface area (Å²) in [5, 5.41) is 8.40. The van der Waals surface area contributed by atoms with Gasteiger partial charge in [0.1, 0.15) is 5.76 Å². The van der Waals surface area contributed by atoms with E-state index in [0.717, 1.165) is 6.42 Å². The van der Waals surface area contributed by atoms with Gasteiger partial charge in [-0.1, -0.05) is 19.6 Å². The zero-order valence-corrected chi connectivity index (χ0v) is 4.52. The number of hydrogen-bond acceptors (Lipinski definition) is 1. The standard InChI is InChI=1S/C6H10O/c1-3-4-5-6(2)7/h4-5,7H,2-3H2,1H3/b5-4-. The van der Waals surface area contributed by atoms with E-state index in [1.165, 1.54) is 0 Å². The molecular weight excluding hydrogens is 88.1 g/mol. The Labute approximate surface area is 44.0 Å². The highest BCUT2D eigenvalue weighted by Crippen LogP contribution is 1.85. The van der Waals surface area contributed by atoms with Crippen LogP contribution in [-0.2, 0) is 0 Å². The summed E-state index contributed by atoms with van der Waals surface area (Å²) in [6.07, 6.45) is 4.38. The summed E-state index contributed by atoms with van der Waals surface area (Å²) < 4.78 is 0. The lowest BCUT2D eigenvalue weighted by atomic mass is 10.4. The van der Waals surface area contributed by atoms with Gasteiger partial charge in [-0.25, -0.2) is 0 Å². The molecule has 0 unspecified atom stereocenters. The lowest BCUT2D eigenvalue weighted by molar-refractivity contribution is 0.435. The Morgan fingerprint density at radius 3 is 2.57 bits per heavy atom. The molecule has 1 heteroatoms. The lowest BCUT2D eigenvalue weighted by Crippen LogP contribution is -1.64. The summed E-state index contributed by atoms with van der Waals surface area (Å²) in [6, 6.07) is 0. The molecule has 0 radical (unpaired) electrons. The molecule has 1 N–H and O–H groups in total. The third-order valence-electron chi connectivity index (χ3n) is 0.546. The smallest absolute Gasteiger partial charge is 0.108 e. The Morgan fingerprint density at radius 1 is 1.86 bits per heavy atom. The SMILES string of the molecule is C=C(O)/C=C\CC. The molecule has 40 valence electrons. The van der Waals surface area contributed by atoms with E-state index in [9.17, 15) is 0 Å². The first-order valence-electron chi connectivity index (χ1n) is 2.31. The summed E-state index contributed by atoms with van der Waals surface area (Å²) in [5.41, 5.74) is 0. The second kappa shape index (κ2) is 3.47. The van der Waals surface area contributed by atoms with Crippen LogP contribution in [0.4, 0.5) is 0 Å². The zero-order chi connectivity index (χ0) is 5.70. The summed E-state index contributed by atoms with van der Waals surface area (Å²) >= 11 is 0. The van der Waals surface area contributed by atoms with E-state index in [-0.39, 0.29) is 5.76 Å². The summed E-state index contributed by atoms with van der Waals surface area (Å²) in [7, 11) is 0. The second-order valence-corrected chi connectivity index (χ2v) is 1.30. The van der Waals surface area contributed by atoms with Gasteiger partial charge >= 0.3 is 0 Å². The fourth-order valence-electron chi connectivity index (χ4n) is 0.254. The van der Waals surface area contributed by atoms with Crippen molar-refractivity contribution in [3.63, 3.8) is 0 Å². The number of rotatable bonds is 2. The van der Waals surface area contributed by atoms with Crippen LogP contribution in [0.5, 0.6) is 0 Å². The van der Waals surface area contributed by atoms with Crippen molar-refractivity contribution < 1.29 is 5.11 Å². The Hall–Kier alpha value is -0.720. The van der Waals surface area contributed by atoms with Crippen molar-refractivity contribution in [1.29, 1.82) is 0 Å². The number of allylic oxidation sites excluding steroid dienone is 2. The van der Waals surface area contributed by atoms with Crippen LogP contribution in [0, 0.1) is 0 Å². The van der Waals surface area contributed by atoms with Crippen molar-refractivity contribution >= 4 is 0 Å². The predicted molar refractivity (Wildman–Crippen MR) is 31.2 cm³/mol.